The lowest BCUT2D eigenvalue weighted by Gasteiger charge is -2.14. The number of nitriles is 2. The minimum atomic E-state index is -0.993. The standard InChI is InChI=1S/C26H26N4O4/c1-18-23(15-21(17-28)26(32)30-18)19-7-9-22(10-8-19)33-14-4-12-29-13-11-25(31)34-24-6-3-2-5-20(24)16-27/h2-3,5-10,15,25,29,31H,4,11-14H2,1H3,(H,30,32). The highest BCUT2D eigenvalue weighted by atomic mass is 16.6. The van der Waals surface area contributed by atoms with Gasteiger partial charge in [-0.3, -0.25) is 4.79 Å². The van der Waals surface area contributed by atoms with Gasteiger partial charge < -0.3 is 24.9 Å². The zero-order chi connectivity index (χ0) is 24.3. The predicted octanol–water partition coefficient (Wildman–Crippen LogP) is 3.24. The molecule has 1 atom stereocenters. The molecule has 0 aliphatic carbocycles. The van der Waals surface area contributed by atoms with Gasteiger partial charge in [0.05, 0.1) is 12.2 Å². The number of aromatic nitrogens is 1. The van der Waals surface area contributed by atoms with E-state index in [1.54, 1.807) is 37.3 Å². The summed E-state index contributed by atoms with van der Waals surface area (Å²) in [7, 11) is 0. The number of aliphatic hydroxyl groups is 1. The van der Waals surface area contributed by atoms with Gasteiger partial charge in [-0.1, -0.05) is 24.3 Å². The first-order valence-electron chi connectivity index (χ1n) is 10.9. The molecule has 0 saturated carbocycles. The molecule has 3 N–H and O–H groups in total. The van der Waals surface area contributed by atoms with Crippen LogP contribution in [0.25, 0.3) is 11.1 Å². The van der Waals surface area contributed by atoms with Crippen LogP contribution in [0.5, 0.6) is 11.5 Å². The van der Waals surface area contributed by atoms with E-state index in [0.717, 1.165) is 23.3 Å². The Labute approximate surface area is 198 Å². The molecule has 8 nitrogen and oxygen atoms in total. The fraction of sp³-hybridized carbons (Fsp3) is 0.269. The van der Waals surface area contributed by atoms with Crippen molar-refractivity contribution in [2.45, 2.75) is 26.1 Å². The summed E-state index contributed by atoms with van der Waals surface area (Å²) in [6.45, 7) is 3.60. The number of hydrogen-bond acceptors (Lipinski definition) is 7. The number of para-hydroxylation sites is 1. The second-order valence-corrected chi connectivity index (χ2v) is 7.61. The number of nitrogens with zero attached hydrogens (tertiary/aromatic N) is 2. The van der Waals surface area contributed by atoms with E-state index < -0.39 is 6.29 Å². The predicted molar refractivity (Wildman–Crippen MR) is 127 cm³/mol. The molecule has 3 aromatic rings. The van der Waals surface area contributed by atoms with Crippen molar-refractivity contribution in [1.82, 2.24) is 10.3 Å². The molecule has 0 amide bonds. The van der Waals surface area contributed by atoms with E-state index in [0.29, 0.717) is 43.1 Å². The number of H-pyrrole nitrogens is 1. The average Bonchev–Trinajstić information content (AvgIpc) is 2.84. The second kappa shape index (κ2) is 12.2. The molecule has 1 heterocycles. The van der Waals surface area contributed by atoms with Gasteiger partial charge in [0.2, 0.25) is 0 Å². The largest absolute Gasteiger partial charge is 0.494 e. The molecule has 1 unspecified atom stereocenters. The normalized spacial score (nSPS) is 11.3. The molecule has 0 bridgehead atoms. The van der Waals surface area contributed by atoms with Gasteiger partial charge in [-0.2, -0.15) is 10.5 Å². The fourth-order valence-electron chi connectivity index (χ4n) is 3.34. The second-order valence-electron chi connectivity index (χ2n) is 7.61. The van der Waals surface area contributed by atoms with Crippen LogP contribution in [0.2, 0.25) is 0 Å². The lowest BCUT2D eigenvalue weighted by Crippen LogP contribution is -2.25. The van der Waals surface area contributed by atoms with Crippen molar-refractivity contribution in [3.8, 4) is 34.8 Å². The van der Waals surface area contributed by atoms with E-state index in [1.807, 2.05) is 36.4 Å². The van der Waals surface area contributed by atoms with Crippen LogP contribution in [-0.2, 0) is 0 Å². The van der Waals surface area contributed by atoms with Crippen molar-refractivity contribution >= 4 is 0 Å². The molecule has 0 aliphatic rings. The summed E-state index contributed by atoms with van der Waals surface area (Å²) in [5.74, 6) is 1.10. The third-order valence-corrected chi connectivity index (χ3v) is 5.13. The van der Waals surface area contributed by atoms with Gasteiger partial charge in [0.15, 0.2) is 6.29 Å². The maximum Gasteiger partial charge on any atom is 0.266 e. The Hall–Kier alpha value is -4.11. The van der Waals surface area contributed by atoms with Crippen LogP contribution in [0, 0.1) is 29.6 Å². The van der Waals surface area contributed by atoms with Crippen LogP contribution in [0.3, 0.4) is 0 Å². The molecule has 0 saturated heterocycles. The van der Waals surface area contributed by atoms with E-state index in [-0.39, 0.29) is 11.1 Å². The number of aliphatic hydroxyl groups excluding tert-OH is 1. The number of pyridine rings is 1. The molecule has 2 aromatic carbocycles. The average molecular weight is 459 g/mol. The van der Waals surface area contributed by atoms with Crippen LogP contribution < -0.4 is 20.3 Å². The molecule has 0 radical (unpaired) electrons. The summed E-state index contributed by atoms with van der Waals surface area (Å²) in [5.41, 5.74) is 2.48. The van der Waals surface area contributed by atoms with Crippen molar-refractivity contribution in [1.29, 1.82) is 10.5 Å². The van der Waals surface area contributed by atoms with Crippen LogP contribution >= 0.6 is 0 Å². The SMILES string of the molecule is Cc1[nH]c(=O)c(C#N)cc1-c1ccc(OCCCNCCC(O)Oc2ccccc2C#N)cc1. The van der Waals surface area contributed by atoms with Gasteiger partial charge in [0.1, 0.15) is 29.2 Å². The number of aromatic amines is 1. The third kappa shape index (κ3) is 6.69. The molecule has 174 valence electrons. The maximum atomic E-state index is 11.7. The Morgan fingerprint density at radius 1 is 1.06 bits per heavy atom. The van der Waals surface area contributed by atoms with Gasteiger partial charge >= 0.3 is 0 Å². The molecule has 1 aromatic heterocycles. The van der Waals surface area contributed by atoms with E-state index in [4.69, 9.17) is 20.0 Å². The van der Waals surface area contributed by atoms with Gasteiger partial charge in [0.25, 0.3) is 5.56 Å². The van der Waals surface area contributed by atoms with Crippen LogP contribution in [-0.4, -0.2) is 36.1 Å². The summed E-state index contributed by atoms with van der Waals surface area (Å²) in [4.78, 5) is 14.4. The topological polar surface area (TPSA) is 131 Å². The minimum Gasteiger partial charge on any atom is -0.494 e. The van der Waals surface area contributed by atoms with Crippen molar-refractivity contribution in [2.24, 2.45) is 0 Å². The Morgan fingerprint density at radius 3 is 2.53 bits per heavy atom. The number of aryl methyl sites for hydroxylation is 1. The van der Waals surface area contributed by atoms with E-state index >= 15 is 0 Å². The summed E-state index contributed by atoms with van der Waals surface area (Å²) in [5, 5.41) is 31.4. The summed E-state index contributed by atoms with van der Waals surface area (Å²) in [6.07, 6.45) is 0.174. The highest BCUT2D eigenvalue weighted by molar-refractivity contribution is 5.67. The Balaban J connectivity index is 1.36. The van der Waals surface area contributed by atoms with Crippen LogP contribution in [0.1, 0.15) is 29.7 Å². The number of nitrogens with one attached hydrogen (secondary N) is 2. The number of ether oxygens (including phenoxy) is 2. The zero-order valence-corrected chi connectivity index (χ0v) is 18.9. The van der Waals surface area contributed by atoms with Gasteiger partial charge in [-0.25, -0.2) is 0 Å². The van der Waals surface area contributed by atoms with Gasteiger partial charge in [-0.15, -0.1) is 0 Å². The fourth-order valence-corrected chi connectivity index (χ4v) is 3.34. The monoisotopic (exact) mass is 458 g/mol. The Bertz CT molecular complexity index is 1240. The maximum absolute atomic E-state index is 11.7. The smallest absolute Gasteiger partial charge is 0.266 e. The Morgan fingerprint density at radius 2 is 1.79 bits per heavy atom. The van der Waals surface area contributed by atoms with Crippen molar-refractivity contribution in [2.75, 3.05) is 19.7 Å². The van der Waals surface area contributed by atoms with E-state index in [9.17, 15) is 9.90 Å². The highest BCUT2D eigenvalue weighted by Gasteiger charge is 2.09. The molecule has 8 heteroatoms. The van der Waals surface area contributed by atoms with Crippen LogP contribution in [0.4, 0.5) is 0 Å². The first kappa shape index (κ1) is 24.5. The first-order chi connectivity index (χ1) is 16.5. The van der Waals surface area contributed by atoms with Crippen molar-refractivity contribution in [3.05, 3.63) is 81.8 Å². The third-order valence-electron chi connectivity index (χ3n) is 5.13. The zero-order valence-electron chi connectivity index (χ0n) is 18.9. The number of rotatable bonds is 11. The molecule has 0 fully saturated rings. The minimum absolute atomic E-state index is 0.0829. The summed E-state index contributed by atoms with van der Waals surface area (Å²) < 4.78 is 11.2. The van der Waals surface area contributed by atoms with E-state index in [2.05, 4.69) is 10.3 Å². The molecule has 34 heavy (non-hydrogen) atoms. The molecule has 0 aliphatic heterocycles. The number of benzene rings is 2. The van der Waals surface area contributed by atoms with Crippen molar-refractivity contribution in [3.63, 3.8) is 0 Å². The highest BCUT2D eigenvalue weighted by Crippen LogP contribution is 2.24. The number of hydrogen-bond donors (Lipinski definition) is 3. The quantitative estimate of drug-likeness (QED) is 0.297. The Kier molecular flexibility index (Phi) is 8.81. The molecular weight excluding hydrogens is 432 g/mol. The lowest BCUT2D eigenvalue weighted by atomic mass is 10.0. The van der Waals surface area contributed by atoms with Gasteiger partial charge in [-0.05, 0) is 55.8 Å². The van der Waals surface area contributed by atoms with Gasteiger partial charge in [0, 0.05) is 24.2 Å². The molecular formula is C26H26N4O4. The molecule has 0 spiro atoms. The lowest BCUT2D eigenvalue weighted by molar-refractivity contribution is -0.0225. The molecule has 3 rings (SSSR count). The first-order valence-corrected chi connectivity index (χ1v) is 10.9. The van der Waals surface area contributed by atoms with Crippen LogP contribution in [0.15, 0.2) is 59.4 Å². The summed E-state index contributed by atoms with van der Waals surface area (Å²) >= 11 is 0. The van der Waals surface area contributed by atoms with E-state index in [1.165, 1.54) is 0 Å². The van der Waals surface area contributed by atoms with Crippen molar-refractivity contribution < 1.29 is 14.6 Å². The summed E-state index contributed by atoms with van der Waals surface area (Å²) in [6, 6.07) is 19.8.